The van der Waals surface area contributed by atoms with Gasteiger partial charge < -0.3 is 5.84 Å². The first kappa shape index (κ1) is 5.83. The van der Waals surface area contributed by atoms with Crippen LogP contribution in [0.25, 0.3) is 0 Å². The molecule has 0 aromatic carbocycles. The van der Waals surface area contributed by atoms with Gasteiger partial charge in [-0.05, 0) is 0 Å². The maximum absolute atomic E-state index is 10.5. The molecule has 1 aliphatic rings. The molecule has 1 saturated heterocycles. The highest BCUT2D eigenvalue weighted by Gasteiger charge is 2.09. The zero-order chi connectivity index (χ0) is 6.69. The van der Waals surface area contributed by atoms with Gasteiger partial charge in [0.15, 0.2) is 0 Å². The van der Waals surface area contributed by atoms with Gasteiger partial charge in [-0.3, -0.25) is 15.5 Å². The minimum absolute atomic E-state index is 0.155. The molecule has 1 heterocycles. The standard InChI is InChI=1S/C3H7N5O/c4-7-3-6-2(9)1-5-8-3/h5H,1,4H2,(H2,6,7,8,9). The van der Waals surface area contributed by atoms with Crippen LogP contribution in [0.2, 0.25) is 0 Å². The number of hydrogen-bond donors (Lipinski definition) is 4. The first-order valence-corrected chi connectivity index (χ1v) is 2.39. The monoisotopic (exact) mass is 129 g/mol. The molecule has 6 heteroatoms. The van der Waals surface area contributed by atoms with E-state index in [9.17, 15) is 4.79 Å². The highest BCUT2D eigenvalue weighted by Crippen LogP contribution is 1.69. The molecule has 1 aliphatic heterocycles. The van der Waals surface area contributed by atoms with Crippen molar-refractivity contribution in [1.29, 1.82) is 0 Å². The summed E-state index contributed by atoms with van der Waals surface area (Å²) in [5, 5.41) is 5.59. The second-order valence-electron chi connectivity index (χ2n) is 1.50. The van der Waals surface area contributed by atoms with E-state index in [0.29, 0.717) is 0 Å². The van der Waals surface area contributed by atoms with E-state index in [0.717, 1.165) is 0 Å². The number of amides is 1. The molecule has 0 atom stereocenters. The van der Waals surface area contributed by atoms with Crippen molar-refractivity contribution in [2.45, 2.75) is 0 Å². The molecule has 0 bridgehead atoms. The summed E-state index contributed by atoms with van der Waals surface area (Å²) >= 11 is 0. The fourth-order valence-electron chi connectivity index (χ4n) is 0.480. The Kier molecular flexibility index (Phi) is 1.50. The lowest BCUT2D eigenvalue weighted by Gasteiger charge is -2.15. The molecule has 1 amide bonds. The summed E-state index contributed by atoms with van der Waals surface area (Å²) < 4.78 is 0. The van der Waals surface area contributed by atoms with Crippen molar-refractivity contribution in [3.63, 3.8) is 0 Å². The lowest BCUT2D eigenvalue weighted by Crippen LogP contribution is -2.57. The SMILES string of the molecule is N/N=C1/NNCC(=O)N1. The zero-order valence-corrected chi connectivity index (χ0v) is 4.64. The van der Waals surface area contributed by atoms with Crippen molar-refractivity contribution >= 4 is 11.9 Å². The molecular weight excluding hydrogens is 122 g/mol. The molecule has 6 nitrogen and oxygen atoms in total. The van der Waals surface area contributed by atoms with Gasteiger partial charge in [-0.1, -0.05) is 0 Å². The number of nitrogens with two attached hydrogens (primary N) is 1. The van der Waals surface area contributed by atoms with Gasteiger partial charge in [-0.2, -0.15) is 0 Å². The number of hydrazone groups is 1. The van der Waals surface area contributed by atoms with Crippen LogP contribution in [0.4, 0.5) is 0 Å². The number of nitrogens with zero attached hydrogens (tertiary/aromatic N) is 1. The third-order valence-corrected chi connectivity index (χ3v) is 0.843. The van der Waals surface area contributed by atoms with E-state index in [4.69, 9.17) is 5.84 Å². The average Bonchev–Trinajstić information content (AvgIpc) is 1.88. The van der Waals surface area contributed by atoms with Gasteiger partial charge in [0, 0.05) is 0 Å². The van der Waals surface area contributed by atoms with Crippen molar-refractivity contribution < 1.29 is 4.79 Å². The minimum atomic E-state index is -0.155. The Morgan fingerprint density at radius 1 is 1.67 bits per heavy atom. The first-order chi connectivity index (χ1) is 4.33. The van der Waals surface area contributed by atoms with Gasteiger partial charge in [0.1, 0.15) is 0 Å². The molecule has 0 aliphatic carbocycles. The Morgan fingerprint density at radius 2 is 2.44 bits per heavy atom. The molecule has 0 unspecified atom stereocenters. The number of carbonyl (C=O) groups excluding carboxylic acids is 1. The van der Waals surface area contributed by atoms with Crippen molar-refractivity contribution in [2.24, 2.45) is 10.9 Å². The zero-order valence-electron chi connectivity index (χ0n) is 4.64. The van der Waals surface area contributed by atoms with Crippen LogP contribution in [0, 0.1) is 0 Å². The Morgan fingerprint density at radius 3 is 2.89 bits per heavy atom. The maximum Gasteiger partial charge on any atom is 0.242 e. The van der Waals surface area contributed by atoms with Crippen LogP contribution < -0.4 is 22.0 Å². The second-order valence-corrected chi connectivity index (χ2v) is 1.50. The van der Waals surface area contributed by atoms with E-state index in [-0.39, 0.29) is 18.4 Å². The van der Waals surface area contributed by atoms with Crippen LogP contribution in [0.15, 0.2) is 5.10 Å². The smallest absolute Gasteiger partial charge is 0.242 e. The van der Waals surface area contributed by atoms with Gasteiger partial charge >= 0.3 is 0 Å². The summed E-state index contributed by atoms with van der Waals surface area (Å²) in [5.41, 5.74) is 5.10. The number of hydrogen-bond acceptors (Lipinski definition) is 4. The fraction of sp³-hybridized carbons (Fsp3) is 0.333. The van der Waals surface area contributed by atoms with Gasteiger partial charge in [-0.15, -0.1) is 5.10 Å². The molecule has 5 N–H and O–H groups in total. The number of carbonyl (C=O) groups is 1. The van der Waals surface area contributed by atoms with Crippen LogP contribution in [0.1, 0.15) is 0 Å². The van der Waals surface area contributed by atoms with Crippen molar-refractivity contribution in [1.82, 2.24) is 16.2 Å². The summed E-state index contributed by atoms with van der Waals surface area (Å²) in [7, 11) is 0. The van der Waals surface area contributed by atoms with Crippen molar-refractivity contribution in [3.8, 4) is 0 Å². The molecule has 50 valence electrons. The lowest BCUT2D eigenvalue weighted by atomic mass is 10.6. The van der Waals surface area contributed by atoms with Crippen LogP contribution in [0.3, 0.4) is 0 Å². The topological polar surface area (TPSA) is 91.5 Å². The molecule has 9 heavy (non-hydrogen) atoms. The van der Waals surface area contributed by atoms with E-state index in [1.807, 2.05) is 0 Å². The Hall–Kier alpha value is -1.30. The summed E-state index contributed by atoms with van der Waals surface area (Å²) in [6, 6.07) is 0. The van der Waals surface area contributed by atoms with Gasteiger partial charge in [0.25, 0.3) is 0 Å². The second kappa shape index (κ2) is 2.31. The lowest BCUT2D eigenvalue weighted by molar-refractivity contribution is -0.119. The molecule has 0 radical (unpaired) electrons. The average molecular weight is 129 g/mol. The molecule has 1 rings (SSSR count). The Bertz CT molecular complexity index is 152. The van der Waals surface area contributed by atoms with Crippen molar-refractivity contribution in [3.05, 3.63) is 0 Å². The molecule has 0 aromatic rings. The predicted molar refractivity (Wildman–Crippen MR) is 30.9 cm³/mol. The van der Waals surface area contributed by atoms with E-state index in [1.54, 1.807) is 0 Å². The van der Waals surface area contributed by atoms with E-state index < -0.39 is 0 Å². The molecule has 1 fully saturated rings. The van der Waals surface area contributed by atoms with Crippen LogP contribution in [-0.4, -0.2) is 18.4 Å². The van der Waals surface area contributed by atoms with Crippen molar-refractivity contribution in [2.75, 3.05) is 6.54 Å². The number of rotatable bonds is 0. The Labute approximate surface area is 51.4 Å². The van der Waals surface area contributed by atoms with E-state index >= 15 is 0 Å². The fourth-order valence-corrected chi connectivity index (χ4v) is 0.480. The summed E-state index contributed by atoms with van der Waals surface area (Å²) in [6.07, 6.45) is 0. The molecule has 0 saturated carbocycles. The first-order valence-electron chi connectivity index (χ1n) is 2.39. The number of guanidine groups is 1. The summed E-state index contributed by atoms with van der Waals surface area (Å²) in [6.45, 7) is 0.235. The van der Waals surface area contributed by atoms with Gasteiger partial charge in [0.2, 0.25) is 11.9 Å². The van der Waals surface area contributed by atoms with Gasteiger partial charge in [0.05, 0.1) is 6.54 Å². The van der Waals surface area contributed by atoms with Crippen LogP contribution >= 0.6 is 0 Å². The quantitative estimate of drug-likeness (QED) is 0.214. The number of hydrazine groups is 1. The molecular formula is C3H7N5O. The summed E-state index contributed by atoms with van der Waals surface area (Å²) in [4.78, 5) is 10.5. The molecule has 0 aromatic heterocycles. The van der Waals surface area contributed by atoms with Gasteiger partial charge in [-0.25, -0.2) is 5.43 Å². The molecule has 0 spiro atoms. The maximum atomic E-state index is 10.5. The van der Waals surface area contributed by atoms with Crippen LogP contribution in [-0.2, 0) is 4.79 Å². The van der Waals surface area contributed by atoms with E-state index in [2.05, 4.69) is 21.3 Å². The largest absolute Gasteiger partial charge is 0.320 e. The normalized spacial score (nSPS) is 23.1. The van der Waals surface area contributed by atoms with Crippen LogP contribution in [0.5, 0.6) is 0 Å². The highest BCUT2D eigenvalue weighted by molar-refractivity contribution is 5.99. The number of nitrogens with one attached hydrogen (secondary N) is 3. The predicted octanol–water partition coefficient (Wildman–Crippen LogP) is -2.56. The summed E-state index contributed by atoms with van der Waals surface area (Å²) in [5.74, 6) is 4.92. The third kappa shape index (κ3) is 1.29. The minimum Gasteiger partial charge on any atom is -0.320 e. The Balaban J connectivity index is 2.51. The highest BCUT2D eigenvalue weighted by atomic mass is 16.2. The third-order valence-electron chi connectivity index (χ3n) is 0.843. The van der Waals surface area contributed by atoms with E-state index in [1.165, 1.54) is 0 Å².